The van der Waals surface area contributed by atoms with E-state index in [2.05, 4.69) is 0 Å². The van der Waals surface area contributed by atoms with Crippen LogP contribution in [0.4, 0.5) is 0 Å². The number of hydrogen-bond acceptors (Lipinski definition) is 5. The largest absolute Gasteiger partial charge is 0.481 e. The molecule has 0 radical (unpaired) electrons. The molecule has 0 spiro atoms. The number of aliphatic carboxylic acids is 1. The van der Waals surface area contributed by atoms with E-state index in [1.807, 2.05) is 0 Å². The number of aliphatic hydroxyl groups excluding tert-OH is 4. The van der Waals surface area contributed by atoms with Crippen molar-refractivity contribution in [3.05, 3.63) is 24.3 Å². The number of allylic oxidation sites excluding steroid dienone is 1. The van der Waals surface area contributed by atoms with Crippen LogP contribution in [0.3, 0.4) is 0 Å². The van der Waals surface area contributed by atoms with Gasteiger partial charge in [-0.3, -0.25) is 4.79 Å². The molecule has 6 heteroatoms. The molecule has 0 amide bonds. The Kier molecular flexibility index (Phi) is 13.4. The Morgan fingerprint density at radius 2 is 1.50 bits per heavy atom. The van der Waals surface area contributed by atoms with Gasteiger partial charge in [-0.25, -0.2) is 0 Å². The summed E-state index contributed by atoms with van der Waals surface area (Å²) < 4.78 is 0. The fourth-order valence-electron chi connectivity index (χ4n) is 2.31. The smallest absolute Gasteiger partial charge is 0.303 e. The number of unbranched alkanes of at least 4 members (excludes halogenated alkanes) is 4. The average molecular weight is 344 g/mol. The monoisotopic (exact) mass is 344 g/mol. The summed E-state index contributed by atoms with van der Waals surface area (Å²) in [5.41, 5.74) is 0. The quantitative estimate of drug-likeness (QED) is 0.242. The lowest BCUT2D eigenvalue weighted by molar-refractivity contribution is -0.137. The molecule has 0 unspecified atom stereocenters. The molecule has 0 aromatic rings. The third kappa shape index (κ3) is 13.2. The van der Waals surface area contributed by atoms with Gasteiger partial charge in [0.2, 0.25) is 0 Å². The first-order chi connectivity index (χ1) is 11.4. The van der Waals surface area contributed by atoms with Crippen molar-refractivity contribution < 1.29 is 30.3 Å². The van der Waals surface area contributed by atoms with Crippen LogP contribution < -0.4 is 0 Å². The molecule has 0 heterocycles. The van der Waals surface area contributed by atoms with Crippen LogP contribution in [-0.2, 0) is 4.79 Å². The number of carboxylic acid groups (broad SMARTS) is 1. The van der Waals surface area contributed by atoms with Crippen molar-refractivity contribution in [3.63, 3.8) is 0 Å². The van der Waals surface area contributed by atoms with Crippen molar-refractivity contribution in [1.29, 1.82) is 0 Å². The van der Waals surface area contributed by atoms with Crippen LogP contribution in [0.15, 0.2) is 24.3 Å². The molecule has 0 rings (SSSR count). The molecule has 0 aromatic heterocycles. The van der Waals surface area contributed by atoms with E-state index < -0.39 is 30.4 Å². The van der Waals surface area contributed by atoms with E-state index in [1.165, 1.54) is 18.2 Å². The molecule has 0 saturated carbocycles. The second-order valence-electron chi connectivity index (χ2n) is 6.04. The fourth-order valence-corrected chi connectivity index (χ4v) is 2.31. The van der Waals surface area contributed by atoms with E-state index >= 15 is 0 Å². The van der Waals surface area contributed by atoms with Gasteiger partial charge in [-0.2, -0.15) is 0 Å². The molecule has 0 aliphatic heterocycles. The van der Waals surface area contributed by atoms with E-state index in [-0.39, 0.29) is 12.8 Å². The van der Waals surface area contributed by atoms with Gasteiger partial charge in [0, 0.05) is 12.8 Å². The Bertz CT molecular complexity index is 380. The molecule has 6 nitrogen and oxygen atoms in total. The summed E-state index contributed by atoms with van der Waals surface area (Å²) >= 11 is 0. The third-order valence-electron chi connectivity index (χ3n) is 3.71. The minimum Gasteiger partial charge on any atom is -0.481 e. The first-order valence-electron chi connectivity index (χ1n) is 8.62. The molecule has 0 aliphatic rings. The molecule has 24 heavy (non-hydrogen) atoms. The highest BCUT2D eigenvalue weighted by Gasteiger charge is 2.16. The topological polar surface area (TPSA) is 118 Å². The minimum atomic E-state index is -1.13. The average Bonchev–Trinajstić information content (AvgIpc) is 2.51. The van der Waals surface area contributed by atoms with Gasteiger partial charge in [0.05, 0.1) is 24.4 Å². The molecule has 5 N–H and O–H groups in total. The number of carbonyl (C=O) groups is 1. The molecule has 140 valence electrons. The first kappa shape index (κ1) is 22.8. The van der Waals surface area contributed by atoms with Crippen LogP contribution in [-0.4, -0.2) is 55.9 Å². The van der Waals surface area contributed by atoms with Crippen molar-refractivity contribution in [2.45, 2.75) is 82.7 Å². The summed E-state index contributed by atoms with van der Waals surface area (Å²) in [5.74, 6) is -0.769. The lowest BCUT2D eigenvalue weighted by Gasteiger charge is -2.17. The van der Waals surface area contributed by atoms with Crippen molar-refractivity contribution in [2.75, 3.05) is 0 Å². The van der Waals surface area contributed by atoms with Crippen LogP contribution in [0, 0.1) is 0 Å². The molecule has 0 saturated heterocycles. The predicted octanol–water partition coefficient (Wildman–Crippen LogP) is 1.77. The van der Waals surface area contributed by atoms with Crippen molar-refractivity contribution in [3.8, 4) is 0 Å². The SMILES string of the molecule is C/C=C/[C@@H](O)C[C@H](O)[C@@H](O)C=C[C@@H](O)CCCCCCCC(=O)O. The van der Waals surface area contributed by atoms with E-state index in [0.717, 1.165) is 25.7 Å². The lowest BCUT2D eigenvalue weighted by atomic mass is 10.0. The normalized spacial score (nSPS) is 17.2. The van der Waals surface area contributed by atoms with E-state index in [1.54, 1.807) is 13.0 Å². The Morgan fingerprint density at radius 1 is 0.875 bits per heavy atom. The molecule has 4 atom stereocenters. The standard InChI is InChI=1S/C18H32O6/c1-2-8-15(20)13-17(22)16(21)12-11-14(19)9-6-4-3-5-7-10-18(23)24/h2,8,11-12,14-17,19-22H,3-7,9-10,13H2,1H3,(H,23,24)/b8-2+,12-11?/t14-,15+,16-,17-/m0/s1. The molecule has 0 aromatic carbocycles. The molecular formula is C18H32O6. The van der Waals surface area contributed by atoms with Crippen LogP contribution in [0.2, 0.25) is 0 Å². The summed E-state index contributed by atoms with van der Waals surface area (Å²) in [6.45, 7) is 1.76. The zero-order valence-corrected chi connectivity index (χ0v) is 14.4. The summed E-state index contributed by atoms with van der Waals surface area (Å²) in [4.78, 5) is 10.3. The van der Waals surface area contributed by atoms with Gasteiger partial charge in [-0.05, 0) is 19.8 Å². The Morgan fingerprint density at radius 3 is 2.12 bits per heavy atom. The van der Waals surface area contributed by atoms with Crippen molar-refractivity contribution in [1.82, 2.24) is 0 Å². The van der Waals surface area contributed by atoms with Gasteiger partial charge in [-0.15, -0.1) is 0 Å². The van der Waals surface area contributed by atoms with E-state index in [0.29, 0.717) is 12.8 Å². The highest BCUT2D eigenvalue weighted by Crippen LogP contribution is 2.11. The number of carboxylic acids is 1. The summed E-state index contributed by atoms with van der Waals surface area (Å²) in [6, 6.07) is 0. The van der Waals surface area contributed by atoms with Crippen molar-refractivity contribution in [2.24, 2.45) is 0 Å². The minimum absolute atomic E-state index is 0.0300. The lowest BCUT2D eigenvalue weighted by Crippen LogP contribution is -2.28. The third-order valence-corrected chi connectivity index (χ3v) is 3.71. The van der Waals surface area contributed by atoms with Gasteiger partial charge < -0.3 is 25.5 Å². The molecule has 0 aliphatic carbocycles. The zero-order chi connectivity index (χ0) is 18.4. The summed E-state index contributed by atoms with van der Waals surface area (Å²) in [6.07, 6.45) is 7.32. The zero-order valence-electron chi connectivity index (χ0n) is 14.4. The maximum Gasteiger partial charge on any atom is 0.303 e. The number of rotatable bonds is 14. The molecular weight excluding hydrogens is 312 g/mol. The van der Waals surface area contributed by atoms with Crippen LogP contribution in [0.25, 0.3) is 0 Å². The van der Waals surface area contributed by atoms with Gasteiger partial charge in [0.15, 0.2) is 0 Å². The predicted molar refractivity (Wildman–Crippen MR) is 92.6 cm³/mol. The first-order valence-corrected chi connectivity index (χ1v) is 8.62. The fraction of sp³-hybridized carbons (Fsp3) is 0.722. The van der Waals surface area contributed by atoms with Crippen LogP contribution >= 0.6 is 0 Å². The second-order valence-corrected chi connectivity index (χ2v) is 6.04. The second kappa shape index (κ2) is 14.2. The maximum atomic E-state index is 10.3. The van der Waals surface area contributed by atoms with Gasteiger partial charge in [0.1, 0.15) is 0 Å². The van der Waals surface area contributed by atoms with Gasteiger partial charge in [0.25, 0.3) is 0 Å². The highest BCUT2D eigenvalue weighted by atomic mass is 16.4. The highest BCUT2D eigenvalue weighted by molar-refractivity contribution is 5.66. The Labute approximate surface area is 144 Å². The van der Waals surface area contributed by atoms with E-state index in [9.17, 15) is 25.2 Å². The number of hydrogen-bond donors (Lipinski definition) is 5. The maximum absolute atomic E-state index is 10.3. The van der Waals surface area contributed by atoms with Crippen LogP contribution in [0.1, 0.15) is 58.3 Å². The number of aliphatic hydroxyl groups is 4. The summed E-state index contributed by atoms with van der Waals surface area (Å²) in [5, 5.41) is 47.3. The molecule has 0 bridgehead atoms. The Balaban J connectivity index is 3.82. The van der Waals surface area contributed by atoms with Gasteiger partial charge >= 0.3 is 5.97 Å². The van der Waals surface area contributed by atoms with E-state index in [4.69, 9.17) is 5.11 Å². The van der Waals surface area contributed by atoms with Gasteiger partial charge in [-0.1, -0.05) is 50.0 Å². The Hall–Kier alpha value is -1.21. The molecule has 0 fully saturated rings. The van der Waals surface area contributed by atoms with Crippen molar-refractivity contribution >= 4 is 5.97 Å². The summed E-state index contributed by atoms with van der Waals surface area (Å²) in [7, 11) is 0. The van der Waals surface area contributed by atoms with Crippen LogP contribution in [0.5, 0.6) is 0 Å².